The Bertz CT molecular complexity index is 498. The molecule has 0 aliphatic heterocycles. The average molecular weight is 274 g/mol. The Labute approximate surface area is 121 Å². The molecule has 102 valence electrons. The van der Waals surface area contributed by atoms with Crippen LogP contribution in [0.4, 0.5) is 5.69 Å². The molecule has 0 saturated heterocycles. The molecule has 0 amide bonds. The summed E-state index contributed by atoms with van der Waals surface area (Å²) in [6, 6.07) is 7.03. The quantitative estimate of drug-likeness (QED) is 0.803. The van der Waals surface area contributed by atoms with Crippen LogP contribution in [0.2, 0.25) is 0 Å². The van der Waals surface area contributed by atoms with Crippen LogP contribution in [0.15, 0.2) is 18.2 Å². The van der Waals surface area contributed by atoms with Crippen molar-refractivity contribution in [2.24, 2.45) is 11.8 Å². The van der Waals surface area contributed by atoms with E-state index in [9.17, 15) is 0 Å². The Kier molecular flexibility index (Phi) is 3.48. The zero-order valence-corrected chi connectivity index (χ0v) is 12.5. The average Bonchev–Trinajstić information content (AvgIpc) is 2.96. The molecule has 2 nitrogen and oxygen atoms in total. The van der Waals surface area contributed by atoms with Crippen LogP contribution < -0.4 is 10.6 Å². The fraction of sp³-hybridized carbons (Fsp3) is 0.562. The molecule has 0 spiro atoms. The Morgan fingerprint density at radius 2 is 2.05 bits per heavy atom. The molecular weight excluding hydrogens is 252 g/mol. The number of thiocarbonyl (C=S) groups is 1. The van der Waals surface area contributed by atoms with Crippen LogP contribution in [0.3, 0.4) is 0 Å². The molecule has 0 radical (unpaired) electrons. The summed E-state index contributed by atoms with van der Waals surface area (Å²) in [5.41, 5.74) is 3.62. The predicted octanol–water partition coefficient (Wildman–Crippen LogP) is 3.78. The molecule has 2 aliphatic carbocycles. The number of nitrogens with one attached hydrogen (secondary N) is 2. The number of rotatable bonds is 2. The van der Waals surface area contributed by atoms with Gasteiger partial charge in [-0.1, -0.05) is 18.6 Å². The molecule has 0 heterocycles. The third-order valence-electron chi connectivity index (χ3n) is 4.70. The smallest absolute Gasteiger partial charge is 0.171 e. The lowest BCUT2D eigenvalue weighted by Gasteiger charge is -2.25. The zero-order valence-electron chi connectivity index (χ0n) is 11.7. The first-order valence-corrected chi connectivity index (χ1v) is 7.67. The predicted molar refractivity (Wildman–Crippen MR) is 84.5 cm³/mol. The normalized spacial score (nSPS) is 28.4. The van der Waals surface area contributed by atoms with Crippen molar-refractivity contribution < 1.29 is 0 Å². The van der Waals surface area contributed by atoms with Crippen molar-refractivity contribution in [2.75, 3.05) is 5.32 Å². The fourth-order valence-electron chi connectivity index (χ4n) is 3.62. The van der Waals surface area contributed by atoms with Gasteiger partial charge in [-0.3, -0.25) is 0 Å². The van der Waals surface area contributed by atoms with Crippen LogP contribution in [0.5, 0.6) is 0 Å². The minimum absolute atomic E-state index is 0.601. The Morgan fingerprint density at radius 1 is 1.21 bits per heavy atom. The standard InChI is InChI=1S/C16H22N2S/c1-10-3-4-11(2)14(7-10)17-16(19)18-15-9-12-5-6-13(15)8-12/h3-4,7,12-13,15H,5-6,8-9H2,1-2H3,(H2,17,18,19)/t12-,13-,15+/m1/s1. The van der Waals surface area contributed by atoms with E-state index in [4.69, 9.17) is 12.2 Å². The Balaban J connectivity index is 1.61. The monoisotopic (exact) mass is 274 g/mol. The largest absolute Gasteiger partial charge is 0.359 e. The third kappa shape index (κ3) is 2.76. The van der Waals surface area contributed by atoms with Crippen molar-refractivity contribution >= 4 is 23.0 Å². The van der Waals surface area contributed by atoms with Gasteiger partial charge >= 0.3 is 0 Å². The van der Waals surface area contributed by atoms with Crippen LogP contribution in [-0.4, -0.2) is 11.2 Å². The highest BCUT2D eigenvalue weighted by Crippen LogP contribution is 2.44. The molecule has 3 heteroatoms. The number of fused-ring (bicyclic) bond motifs is 2. The maximum absolute atomic E-state index is 5.47. The van der Waals surface area contributed by atoms with Crippen molar-refractivity contribution in [3.8, 4) is 0 Å². The molecule has 3 rings (SSSR count). The summed E-state index contributed by atoms with van der Waals surface area (Å²) in [5, 5.41) is 7.67. The summed E-state index contributed by atoms with van der Waals surface area (Å²) < 4.78 is 0. The van der Waals surface area contributed by atoms with E-state index >= 15 is 0 Å². The van der Waals surface area contributed by atoms with Gasteiger partial charge in [0.25, 0.3) is 0 Å². The molecule has 1 aromatic carbocycles. The Morgan fingerprint density at radius 3 is 2.74 bits per heavy atom. The van der Waals surface area contributed by atoms with Crippen LogP contribution in [-0.2, 0) is 0 Å². The number of benzene rings is 1. The molecule has 0 aromatic heterocycles. The number of anilines is 1. The molecular formula is C16H22N2S. The molecule has 2 aliphatic rings. The van der Waals surface area contributed by atoms with Crippen molar-refractivity contribution in [3.63, 3.8) is 0 Å². The topological polar surface area (TPSA) is 24.1 Å². The summed E-state index contributed by atoms with van der Waals surface area (Å²) in [4.78, 5) is 0. The lowest BCUT2D eigenvalue weighted by molar-refractivity contribution is 0.392. The van der Waals surface area contributed by atoms with Crippen LogP contribution in [0.1, 0.15) is 36.8 Å². The number of aryl methyl sites for hydroxylation is 2. The van der Waals surface area contributed by atoms with Gasteiger partial charge < -0.3 is 10.6 Å². The van der Waals surface area contributed by atoms with Crippen molar-refractivity contribution in [1.82, 2.24) is 5.32 Å². The molecule has 2 N–H and O–H groups in total. The van der Waals surface area contributed by atoms with Gasteiger partial charge in [-0.05, 0) is 74.4 Å². The zero-order chi connectivity index (χ0) is 13.4. The highest BCUT2D eigenvalue weighted by molar-refractivity contribution is 7.80. The van der Waals surface area contributed by atoms with Gasteiger partial charge in [-0.15, -0.1) is 0 Å². The maximum Gasteiger partial charge on any atom is 0.171 e. The molecule has 3 atom stereocenters. The van der Waals surface area contributed by atoms with E-state index in [-0.39, 0.29) is 0 Å². The van der Waals surface area contributed by atoms with Crippen LogP contribution >= 0.6 is 12.2 Å². The lowest BCUT2D eigenvalue weighted by Crippen LogP contribution is -2.40. The molecule has 2 fully saturated rings. The van der Waals surface area contributed by atoms with Crippen LogP contribution in [0.25, 0.3) is 0 Å². The Hall–Kier alpha value is -1.09. The summed E-state index contributed by atoms with van der Waals surface area (Å²) in [6.07, 6.45) is 5.53. The SMILES string of the molecule is Cc1ccc(C)c(NC(=S)N[C@H]2C[C@@H]3CC[C@@H]2C3)c1. The van der Waals surface area contributed by atoms with Gasteiger partial charge in [-0.2, -0.15) is 0 Å². The third-order valence-corrected chi connectivity index (χ3v) is 4.92. The van der Waals surface area contributed by atoms with Gasteiger partial charge in [-0.25, -0.2) is 0 Å². The molecule has 1 aromatic rings. The highest BCUT2D eigenvalue weighted by atomic mass is 32.1. The molecule has 19 heavy (non-hydrogen) atoms. The van der Waals surface area contributed by atoms with Gasteiger partial charge in [0.2, 0.25) is 0 Å². The second-order valence-corrected chi connectivity index (χ2v) is 6.61. The van der Waals surface area contributed by atoms with E-state index in [0.717, 1.165) is 22.6 Å². The van der Waals surface area contributed by atoms with E-state index in [2.05, 4.69) is 42.7 Å². The fourth-order valence-corrected chi connectivity index (χ4v) is 3.88. The summed E-state index contributed by atoms with van der Waals surface area (Å²) >= 11 is 5.47. The van der Waals surface area contributed by atoms with Gasteiger partial charge in [0.15, 0.2) is 5.11 Å². The lowest BCUT2D eigenvalue weighted by atomic mass is 9.95. The van der Waals surface area contributed by atoms with Crippen LogP contribution in [0, 0.1) is 25.7 Å². The second-order valence-electron chi connectivity index (χ2n) is 6.20. The minimum atomic E-state index is 0.601. The first-order chi connectivity index (χ1) is 9.11. The van der Waals surface area contributed by atoms with Crippen molar-refractivity contribution in [2.45, 2.75) is 45.6 Å². The summed E-state index contributed by atoms with van der Waals surface area (Å²) in [7, 11) is 0. The van der Waals surface area contributed by atoms with Crippen molar-refractivity contribution in [1.29, 1.82) is 0 Å². The molecule has 2 bridgehead atoms. The molecule has 2 saturated carbocycles. The number of hydrogen-bond donors (Lipinski definition) is 2. The second kappa shape index (κ2) is 5.12. The first kappa shape index (κ1) is 12.9. The van der Waals surface area contributed by atoms with E-state index < -0.39 is 0 Å². The highest BCUT2D eigenvalue weighted by Gasteiger charge is 2.39. The summed E-state index contributed by atoms with van der Waals surface area (Å²) in [6.45, 7) is 4.22. The van der Waals surface area contributed by atoms with Gasteiger partial charge in [0.1, 0.15) is 0 Å². The first-order valence-electron chi connectivity index (χ1n) is 7.26. The van der Waals surface area contributed by atoms with Crippen molar-refractivity contribution in [3.05, 3.63) is 29.3 Å². The van der Waals surface area contributed by atoms with E-state index in [1.165, 1.54) is 36.8 Å². The summed E-state index contributed by atoms with van der Waals surface area (Å²) in [5.74, 6) is 1.80. The minimum Gasteiger partial charge on any atom is -0.359 e. The van der Waals surface area contributed by atoms with E-state index in [0.29, 0.717) is 6.04 Å². The number of hydrogen-bond acceptors (Lipinski definition) is 1. The molecule has 0 unspecified atom stereocenters. The van der Waals surface area contributed by atoms with Gasteiger partial charge in [0, 0.05) is 11.7 Å². The van der Waals surface area contributed by atoms with E-state index in [1.807, 2.05) is 0 Å². The van der Waals surface area contributed by atoms with E-state index in [1.54, 1.807) is 0 Å². The maximum atomic E-state index is 5.47. The van der Waals surface area contributed by atoms with Gasteiger partial charge in [0.05, 0.1) is 0 Å².